The molecule has 0 bridgehead atoms. The Bertz CT molecular complexity index is 253. The minimum atomic E-state index is -1.58. The van der Waals surface area contributed by atoms with E-state index in [-0.39, 0.29) is 5.82 Å². The maximum atomic E-state index is 10.5. The van der Waals surface area contributed by atoms with Crippen LogP contribution in [0.25, 0.3) is 0 Å². The number of nitrogens with two attached hydrogens (primary N) is 1. The molecule has 4 N–H and O–H groups in total. The van der Waals surface area contributed by atoms with Crippen LogP contribution in [-0.4, -0.2) is 31.7 Å². The Morgan fingerprint density at radius 1 is 1.82 bits per heavy atom. The van der Waals surface area contributed by atoms with Crippen LogP contribution in [0.1, 0.15) is 12.7 Å². The van der Waals surface area contributed by atoms with Crippen LogP contribution in [0, 0.1) is 0 Å². The van der Waals surface area contributed by atoms with Gasteiger partial charge in [-0.05, 0) is 6.92 Å². The van der Waals surface area contributed by atoms with E-state index in [1.54, 1.807) is 0 Å². The molecule has 60 valence electrons. The van der Waals surface area contributed by atoms with Crippen LogP contribution in [0.2, 0.25) is 0 Å². The standard InChI is InChI=1S/C4H7N5O2/c1-4(5,3(10)11)2-6-8-9-7-2/h5H2,1H3,(H,10,11)(H,6,7,8,9). The second-order valence-corrected chi connectivity index (χ2v) is 2.24. The topological polar surface area (TPSA) is 118 Å². The minimum absolute atomic E-state index is 0.0370. The number of nitrogens with zero attached hydrogens (tertiary/aromatic N) is 3. The Morgan fingerprint density at radius 2 is 2.45 bits per heavy atom. The first-order valence-electron chi connectivity index (χ1n) is 2.81. The van der Waals surface area contributed by atoms with Crippen molar-refractivity contribution >= 4 is 5.97 Å². The molecule has 1 atom stereocenters. The van der Waals surface area contributed by atoms with Gasteiger partial charge in [-0.25, -0.2) is 4.79 Å². The maximum Gasteiger partial charge on any atom is 0.331 e. The van der Waals surface area contributed by atoms with Crippen LogP contribution in [0.5, 0.6) is 0 Å². The predicted molar refractivity (Wildman–Crippen MR) is 33.4 cm³/mol. The zero-order chi connectivity index (χ0) is 8.48. The van der Waals surface area contributed by atoms with Crippen molar-refractivity contribution in [2.75, 3.05) is 0 Å². The number of hydrogen-bond acceptors (Lipinski definition) is 5. The molecule has 1 rings (SSSR count). The number of aromatic amines is 1. The van der Waals surface area contributed by atoms with Gasteiger partial charge in [0.05, 0.1) is 0 Å². The summed E-state index contributed by atoms with van der Waals surface area (Å²) in [6, 6.07) is 0. The van der Waals surface area contributed by atoms with E-state index in [1.165, 1.54) is 6.92 Å². The number of H-pyrrole nitrogens is 1. The van der Waals surface area contributed by atoms with E-state index in [0.717, 1.165) is 0 Å². The molecule has 0 aliphatic heterocycles. The molecule has 0 aliphatic rings. The van der Waals surface area contributed by atoms with Crippen molar-refractivity contribution in [2.24, 2.45) is 5.73 Å². The molecular formula is C4H7N5O2. The third kappa shape index (κ3) is 1.17. The number of nitrogens with one attached hydrogen (secondary N) is 1. The van der Waals surface area contributed by atoms with Gasteiger partial charge >= 0.3 is 5.97 Å². The number of carboxylic acids is 1. The lowest BCUT2D eigenvalue weighted by Crippen LogP contribution is -2.42. The molecule has 0 spiro atoms. The molecule has 0 saturated carbocycles. The number of aromatic nitrogens is 4. The maximum absolute atomic E-state index is 10.5. The molecular weight excluding hydrogens is 150 g/mol. The van der Waals surface area contributed by atoms with Crippen LogP contribution < -0.4 is 5.73 Å². The highest BCUT2D eigenvalue weighted by Gasteiger charge is 2.34. The van der Waals surface area contributed by atoms with E-state index in [1.807, 2.05) is 0 Å². The second kappa shape index (κ2) is 2.27. The first-order valence-corrected chi connectivity index (χ1v) is 2.81. The number of carboxylic acid groups (broad SMARTS) is 1. The van der Waals surface area contributed by atoms with E-state index >= 15 is 0 Å². The van der Waals surface area contributed by atoms with Gasteiger partial charge in [-0.2, -0.15) is 5.21 Å². The Morgan fingerprint density at radius 3 is 2.82 bits per heavy atom. The first-order chi connectivity index (χ1) is 5.05. The zero-order valence-electron chi connectivity index (χ0n) is 5.77. The molecule has 0 saturated heterocycles. The summed E-state index contributed by atoms with van der Waals surface area (Å²) >= 11 is 0. The van der Waals surface area contributed by atoms with Gasteiger partial charge in [0.2, 0.25) is 5.82 Å². The number of carbonyl (C=O) groups is 1. The molecule has 1 aromatic rings. The fraction of sp³-hybridized carbons (Fsp3) is 0.500. The highest BCUT2D eigenvalue weighted by molar-refractivity contribution is 5.78. The second-order valence-electron chi connectivity index (χ2n) is 2.24. The Balaban J connectivity index is 3.00. The van der Waals surface area contributed by atoms with Crippen molar-refractivity contribution in [1.29, 1.82) is 0 Å². The van der Waals surface area contributed by atoms with Crippen molar-refractivity contribution < 1.29 is 9.90 Å². The van der Waals surface area contributed by atoms with Crippen LogP contribution >= 0.6 is 0 Å². The minimum Gasteiger partial charge on any atom is -0.480 e. The molecule has 7 nitrogen and oxygen atoms in total. The molecule has 0 aliphatic carbocycles. The molecule has 1 unspecified atom stereocenters. The molecule has 0 fully saturated rings. The predicted octanol–water partition coefficient (Wildman–Crippen LogP) is -1.54. The molecule has 0 radical (unpaired) electrons. The fourth-order valence-electron chi connectivity index (χ4n) is 0.477. The summed E-state index contributed by atoms with van der Waals surface area (Å²) in [6.07, 6.45) is 0. The summed E-state index contributed by atoms with van der Waals surface area (Å²) in [4.78, 5) is 10.5. The van der Waals surface area contributed by atoms with Crippen LogP contribution in [-0.2, 0) is 10.3 Å². The molecule has 1 aromatic heterocycles. The lowest BCUT2D eigenvalue weighted by Gasteiger charge is -2.12. The van der Waals surface area contributed by atoms with Gasteiger partial charge in [0, 0.05) is 0 Å². The van der Waals surface area contributed by atoms with E-state index in [2.05, 4.69) is 20.6 Å². The van der Waals surface area contributed by atoms with Crippen LogP contribution in [0.3, 0.4) is 0 Å². The Labute approximate surface area is 61.6 Å². The van der Waals surface area contributed by atoms with Gasteiger partial charge in [0.15, 0.2) is 5.54 Å². The summed E-state index contributed by atoms with van der Waals surface area (Å²) in [7, 11) is 0. The number of aliphatic carboxylic acids is 1. The lowest BCUT2D eigenvalue weighted by molar-refractivity contribution is -0.143. The first kappa shape index (κ1) is 7.61. The van der Waals surface area contributed by atoms with Gasteiger partial charge in [-0.15, -0.1) is 10.2 Å². The third-order valence-corrected chi connectivity index (χ3v) is 1.25. The molecule has 7 heteroatoms. The monoisotopic (exact) mass is 157 g/mol. The number of hydrogen-bond donors (Lipinski definition) is 3. The summed E-state index contributed by atoms with van der Waals surface area (Å²) in [5.41, 5.74) is 3.76. The highest BCUT2D eigenvalue weighted by Crippen LogP contribution is 2.10. The summed E-state index contributed by atoms with van der Waals surface area (Å²) in [6.45, 7) is 1.29. The van der Waals surface area contributed by atoms with Gasteiger partial charge in [0.25, 0.3) is 0 Å². The Hall–Kier alpha value is -1.50. The van der Waals surface area contributed by atoms with E-state index in [4.69, 9.17) is 10.8 Å². The van der Waals surface area contributed by atoms with Gasteiger partial charge in [0.1, 0.15) is 0 Å². The van der Waals surface area contributed by atoms with Crippen LogP contribution in [0.4, 0.5) is 0 Å². The van der Waals surface area contributed by atoms with Gasteiger partial charge in [-0.3, -0.25) is 0 Å². The average Bonchev–Trinajstić information content (AvgIpc) is 2.37. The van der Waals surface area contributed by atoms with Gasteiger partial charge in [-0.1, -0.05) is 5.21 Å². The summed E-state index contributed by atoms with van der Waals surface area (Å²) in [5.74, 6) is -1.23. The van der Waals surface area contributed by atoms with Gasteiger partial charge < -0.3 is 10.8 Å². The van der Waals surface area contributed by atoms with E-state index in [0.29, 0.717) is 0 Å². The molecule has 0 amide bonds. The van der Waals surface area contributed by atoms with Crippen molar-refractivity contribution in [3.63, 3.8) is 0 Å². The molecule has 11 heavy (non-hydrogen) atoms. The SMILES string of the molecule is CC(N)(C(=O)O)c1nn[nH]n1. The quantitative estimate of drug-likeness (QED) is 0.478. The van der Waals surface area contributed by atoms with Crippen molar-refractivity contribution in [2.45, 2.75) is 12.5 Å². The van der Waals surface area contributed by atoms with Crippen LogP contribution in [0.15, 0.2) is 0 Å². The smallest absolute Gasteiger partial charge is 0.331 e. The number of tetrazole rings is 1. The van der Waals surface area contributed by atoms with E-state index < -0.39 is 11.5 Å². The average molecular weight is 157 g/mol. The lowest BCUT2D eigenvalue weighted by atomic mass is 10.0. The highest BCUT2D eigenvalue weighted by atomic mass is 16.4. The van der Waals surface area contributed by atoms with E-state index in [9.17, 15) is 4.79 Å². The third-order valence-electron chi connectivity index (χ3n) is 1.25. The summed E-state index contributed by atoms with van der Waals surface area (Å²) in [5, 5.41) is 20.8. The zero-order valence-corrected chi connectivity index (χ0v) is 5.77. The normalized spacial score (nSPS) is 15.8. The van der Waals surface area contributed by atoms with Crippen molar-refractivity contribution in [3.8, 4) is 0 Å². The molecule has 0 aromatic carbocycles. The largest absolute Gasteiger partial charge is 0.480 e. The van der Waals surface area contributed by atoms with Crippen molar-refractivity contribution in [1.82, 2.24) is 20.6 Å². The number of rotatable bonds is 2. The Kier molecular flexibility index (Phi) is 1.57. The fourth-order valence-corrected chi connectivity index (χ4v) is 0.477. The van der Waals surface area contributed by atoms with Crippen molar-refractivity contribution in [3.05, 3.63) is 5.82 Å². The molecule has 1 heterocycles. The summed E-state index contributed by atoms with van der Waals surface area (Å²) < 4.78 is 0.